The Morgan fingerprint density at radius 3 is 2.48 bits per heavy atom. The standard InChI is InChI=1S/C23H25N3O3/c1-26-20(27)23(25-21(26)24)18-14-16(15-6-4-3-5-7-15)8-9-19(18)29-22(23)12-10-17(28-2)11-13-22/h3-9,14,17H,10-13H2,1-2H3,(H2,24,25). The van der Waals surface area contributed by atoms with Crippen LogP contribution in [0.5, 0.6) is 5.75 Å². The highest BCUT2D eigenvalue weighted by Crippen LogP contribution is 2.58. The Morgan fingerprint density at radius 1 is 1.14 bits per heavy atom. The van der Waals surface area contributed by atoms with E-state index in [1.807, 2.05) is 30.3 Å². The third-order valence-corrected chi connectivity index (χ3v) is 6.75. The number of benzene rings is 2. The van der Waals surface area contributed by atoms with Crippen LogP contribution in [0.2, 0.25) is 0 Å². The third-order valence-electron chi connectivity index (χ3n) is 6.75. The van der Waals surface area contributed by atoms with Crippen molar-refractivity contribution in [3.05, 3.63) is 54.1 Å². The van der Waals surface area contributed by atoms with Crippen LogP contribution < -0.4 is 10.5 Å². The molecular weight excluding hydrogens is 366 g/mol. The molecule has 1 saturated carbocycles. The van der Waals surface area contributed by atoms with Gasteiger partial charge in [0.05, 0.1) is 6.10 Å². The molecule has 2 aliphatic heterocycles. The monoisotopic (exact) mass is 391 g/mol. The van der Waals surface area contributed by atoms with Gasteiger partial charge in [-0.2, -0.15) is 0 Å². The highest BCUT2D eigenvalue weighted by molar-refractivity contribution is 6.08. The van der Waals surface area contributed by atoms with Crippen molar-refractivity contribution in [3.8, 4) is 16.9 Å². The molecule has 6 nitrogen and oxygen atoms in total. The van der Waals surface area contributed by atoms with Crippen LogP contribution in [0.25, 0.3) is 11.1 Å². The van der Waals surface area contributed by atoms with E-state index in [1.54, 1.807) is 14.2 Å². The molecule has 29 heavy (non-hydrogen) atoms. The Morgan fingerprint density at radius 2 is 1.86 bits per heavy atom. The number of fused-ring (bicyclic) bond motifs is 3. The van der Waals surface area contributed by atoms with Crippen molar-refractivity contribution < 1.29 is 14.3 Å². The summed E-state index contributed by atoms with van der Waals surface area (Å²) in [4.78, 5) is 19.8. The van der Waals surface area contributed by atoms with Gasteiger partial charge in [0.15, 0.2) is 5.96 Å². The Balaban J connectivity index is 1.68. The lowest BCUT2D eigenvalue weighted by atomic mass is 9.68. The topological polar surface area (TPSA) is 77.2 Å². The smallest absolute Gasteiger partial charge is 0.266 e. The fraction of sp³-hybridized carbons (Fsp3) is 0.391. The number of carbonyl (C=O) groups is 1. The van der Waals surface area contributed by atoms with Crippen LogP contribution in [-0.2, 0) is 15.1 Å². The molecule has 150 valence electrons. The van der Waals surface area contributed by atoms with E-state index in [-0.39, 0.29) is 18.0 Å². The van der Waals surface area contributed by atoms with Crippen LogP contribution in [0.1, 0.15) is 31.2 Å². The summed E-state index contributed by atoms with van der Waals surface area (Å²) in [6.45, 7) is 0. The van der Waals surface area contributed by atoms with E-state index in [0.717, 1.165) is 35.3 Å². The molecule has 6 heteroatoms. The average molecular weight is 391 g/mol. The number of methoxy groups -OCH3 is 1. The first-order valence-electron chi connectivity index (χ1n) is 10.1. The molecule has 2 spiro atoms. The van der Waals surface area contributed by atoms with Gasteiger partial charge in [0.25, 0.3) is 5.91 Å². The van der Waals surface area contributed by atoms with Crippen molar-refractivity contribution in [2.75, 3.05) is 14.2 Å². The highest BCUT2D eigenvalue weighted by Gasteiger charge is 2.68. The van der Waals surface area contributed by atoms with E-state index < -0.39 is 11.1 Å². The van der Waals surface area contributed by atoms with Gasteiger partial charge in [0, 0.05) is 19.7 Å². The molecule has 2 heterocycles. The summed E-state index contributed by atoms with van der Waals surface area (Å²) in [7, 11) is 3.42. The van der Waals surface area contributed by atoms with Gasteiger partial charge in [-0.1, -0.05) is 36.4 Å². The number of carbonyl (C=O) groups excluding carboxylic acids is 1. The van der Waals surface area contributed by atoms with Gasteiger partial charge in [-0.25, -0.2) is 4.99 Å². The Kier molecular flexibility index (Phi) is 3.96. The summed E-state index contributed by atoms with van der Waals surface area (Å²) in [5.74, 6) is 0.848. The SMILES string of the molecule is COC1CCC2(CC1)Oc1ccc(-c3ccccc3)cc1C21N=C(N)N(C)C1=O. The van der Waals surface area contributed by atoms with Crippen molar-refractivity contribution >= 4 is 11.9 Å². The maximum absolute atomic E-state index is 13.6. The van der Waals surface area contributed by atoms with Crippen molar-refractivity contribution in [1.29, 1.82) is 0 Å². The normalized spacial score (nSPS) is 30.6. The minimum atomic E-state index is -1.13. The number of rotatable bonds is 2. The van der Waals surface area contributed by atoms with Crippen molar-refractivity contribution in [2.24, 2.45) is 10.7 Å². The Labute approximate surface area is 170 Å². The second-order valence-corrected chi connectivity index (χ2v) is 8.15. The lowest BCUT2D eigenvalue weighted by molar-refractivity contribution is -0.140. The van der Waals surface area contributed by atoms with Crippen molar-refractivity contribution in [2.45, 2.75) is 42.9 Å². The van der Waals surface area contributed by atoms with Crippen LogP contribution in [-0.4, -0.2) is 42.6 Å². The van der Waals surface area contributed by atoms with Crippen LogP contribution in [0, 0.1) is 0 Å². The molecule has 0 saturated heterocycles. The minimum Gasteiger partial charge on any atom is -0.483 e. The first kappa shape index (κ1) is 18.2. The lowest BCUT2D eigenvalue weighted by Crippen LogP contribution is -2.57. The summed E-state index contributed by atoms with van der Waals surface area (Å²) in [6.07, 6.45) is 3.21. The predicted molar refractivity (Wildman–Crippen MR) is 111 cm³/mol. The number of aliphatic imine (C=N–C) groups is 1. The summed E-state index contributed by atoms with van der Waals surface area (Å²) >= 11 is 0. The zero-order valence-corrected chi connectivity index (χ0v) is 16.7. The van der Waals surface area contributed by atoms with Crippen LogP contribution in [0.3, 0.4) is 0 Å². The number of ether oxygens (including phenoxy) is 2. The summed E-state index contributed by atoms with van der Waals surface area (Å²) in [5.41, 5.74) is 7.22. The van der Waals surface area contributed by atoms with Crippen LogP contribution in [0.15, 0.2) is 53.5 Å². The second-order valence-electron chi connectivity index (χ2n) is 8.15. The fourth-order valence-electron chi connectivity index (χ4n) is 5.11. The fourth-order valence-corrected chi connectivity index (χ4v) is 5.11. The van der Waals surface area contributed by atoms with Crippen molar-refractivity contribution in [3.63, 3.8) is 0 Å². The predicted octanol–water partition coefficient (Wildman–Crippen LogP) is 3.06. The molecule has 0 radical (unpaired) electrons. The molecular formula is C23H25N3O3. The van der Waals surface area contributed by atoms with Crippen LogP contribution in [0.4, 0.5) is 0 Å². The van der Waals surface area contributed by atoms with Gasteiger partial charge in [-0.15, -0.1) is 0 Å². The maximum atomic E-state index is 13.6. The third kappa shape index (κ3) is 2.38. The Bertz CT molecular complexity index is 996. The van der Waals surface area contributed by atoms with Crippen LogP contribution >= 0.6 is 0 Å². The van der Waals surface area contributed by atoms with E-state index in [4.69, 9.17) is 20.2 Å². The molecule has 3 aliphatic rings. The number of nitrogens with two attached hydrogens (primary N) is 1. The van der Waals surface area contributed by atoms with Gasteiger partial charge < -0.3 is 15.2 Å². The molecule has 1 aliphatic carbocycles. The molecule has 1 unspecified atom stereocenters. The van der Waals surface area contributed by atoms with Gasteiger partial charge in [-0.3, -0.25) is 9.69 Å². The van der Waals surface area contributed by atoms with E-state index in [9.17, 15) is 4.79 Å². The number of amides is 1. The average Bonchev–Trinajstić information content (AvgIpc) is 3.15. The van der Waals surface area contributed by atoms with Gasteiger partial charge in [0.2, 0.25) is 5.54 Å². The number of guanidine groups is 1. The zero-order valence-electron chi connectivity index (χ0n) is 16.7. The Hall–Kier alpha value is -2.86. The molecule has 2 aromatic carbocycles. The molecule has 5 rings (SSSR count). The van der Waals surface area contributed by atoms with E-state index in [2.05, 4.69) is 18.2 Å². The summed E-state index contributed by atoms with van der Waals surface area (Å²) in [5, 5.41) is 0. The molecule has 1 fully saturated rings. The first-order valence-corrected chi connectivity index (χ1v) is 10.1. The quantitative estimate of drug-likeness (QED) is 0.854. The maximum Gasteiger partial charge on any atom is 0.266 e. The van der Waals surface area contributed by atoms with Gasteiger partial charge in [-0.05, 0) is 48.9 Å². The minimum absolute atomic E-state index is 0.116. The van der Waals surface area contributed by atoms with E-state index in [0.29, 0.717) is 12.8 Å². The molecule has 0 aromatic heterocycles. The second kappa shape index (κ2) is 6.32. The summed E-state index contributed by atoms with van der Waals surface area (Å²) < 4.78 is 12.1. The van der Waals surface area contributed by atoms with Crippen molar-refractivity contribution in [1.82, 2.24) is 4.90 Å². The number of hydrogen-bond donors (Lipinski definition) is 1. The van der Waals surface area contributed by atoms with E-state index >= 15 is 0 Å². The molecule has 1 atom stereocenters. The summed E-state index contributed by atoms with van der Waals surface area (Å²) in [6, 6.07) is 16.2. The zero-order chi connectivity index (χ0) is 20.2. The van der Waals surface area contributed by atoms with Gasteiger partial charge in [0.1, 0.15) is 11.4 Å². The lowest BCUT2D eigenvalue weighted by Gasteiger charge is -2.43. The first-order chi connectivity index (χ1) is 14.0. The van der Waals surface area contributed by atoms with E-state index in [1.165, 1.54) is 4.90 Å². The highest BCUT2D eigenvalue weighted by atomic mass is 16.5. The largest absolute Gasteiger partial charge is 0.483 e. The molecule has 2 N–H and O–H groups in total. The molecule has 0 bridgehead atoms. The molecule has 1 amide bonds. The number of nitrogens with zero attached hydrogens (tertiary/aromatic N) is 2. The molecule has 2 aromatic rings. The number of likely N-dealkylation sites (N-methyl/N-ethyl adjacent to an activating group) is 1. The number of hydrogen-bond acceptors (Lipinski definition) is 5. The van der Waals surface area contributed by atoms with Gasteiger partial charge >= 0.3 is 0 Å².